The van der Waals surface area contributed by atoms with E-state index in [0.717, 1.165) is 19.8 Å². The molecule has 50 valence electrons. The first-order chi connectivity index (χ1) is 3.93. The van der Waals surface area contributed by atoms with Gasteiger partial charge < -0.3 is 10.1 Å². The Morgan fingerprint density at radius 1 is 1.88 bits per heavy atom. The van der Waals surface area contributed by atoms with Gasteiger partial charge in [0, 0.05) is 14.1 Å². The molecule has 1 fully saturated rings. The van der Waals surface area contributed by atoms with Crippen molar-refractivity contribution >= 4 is 0 Å². The van der Waals surface area contributed by atoms with Crippen LogP contribution in [0.5, 0.6) is 0 Å². The smallest absolute Gasteiger partial charge is 0.0620 e. The van der Waals surface area contributed by atoms with Gasteiger partial charge in [-0.05, 0) is 13.0 Å². The number of nitrogens with one attached hydrogen (secondary N) is 1. The molecule has 0 amide bonds. The predicted molar refractivity (Wildman–Crippen MR) is 35.0 cm³/mol. The number of rotatable bonds is 2. The van der Waals surface area contributed by atoms with Gasteiger partial charge in [-0.25, -0.2) is 0 Å². The zero-order valence-electron chi connectivity index (χ0n) is 5.31. The summed E-state index contributed by atoms with van der Waals surface area (Å²) in [4.78, 5) is 0. The number of likely N-dealkylation sites (N-methyl/N-ethyl adjacent to an activating group) is 1. The molecule has 0 unspecified atom stereocenters. The van der Waals surface area contributed by atoms with Crippen LogP contribution in [0.25, 0.3) is 0 Å². The molecule has 2 nitrogen and oxygen atoms in total. The minimum absolute atomic E-state index is 0. The summed E-state index contributed by atoms with van der Waals surface area (Å²) in [6.45, 7) is 5.04. The molecule has 1 heterocycles. The van der Waals surface area contributed by atoms with Crippen molar-refractivity contribution in [2.45, 2.75) is 19.4 Å². The Morgan fingerprint density at radius 3 is 3.25 bits per heavy atom. The first-order valence-electron chi connectivity index (χ1n) is 3.24. The Morgan fingerprint density at radius 2 is 2.75 bits per heavy atom. The average Bonchev–Trinajstić information content (AvgIpc) is 2.19. The predicted octanol–water partition coefficient (Wildman–Crippen LogP) is 0.631. The topological polar surface area (TPSA) is 21.3 Å². The van der Waals surface area contributed by atoms with Crippen LogP contribution in [0.4, 0.5) is 0 Å². The molecule has 1 atom stereocenters. The van der Waals surface area contributed by atoms with Gasteiger partial charge in [0.15, 0.2) is 0 Å². The van der Waals surface area contributed by atoms with E-state index in [1.807, 2.05) is 0 Å². The lowest BCUT2D eigenvalue weighted by atomic mass is 10.3. The molecule has 8 heavy (non-hydrogen) atoms. The molecule has 0 aromatic carbocycles. The molecule has 0 aliphatic carbocycles. The van der Waals surface area contributed by atoms with E-state index < -0.39 is 0 Å². The summed E-state index contributed by atoms with van der Waals surface area (Å²) in [5.74, 6) is 0. The Bertz CT molecular complexity index is 64.1. The van der Waals surface area contributed by atoms with Crippen molar-refractivity contribution in [1.82, 2.24) is 5.32 Å². The summed E-state index contributed by atoms with van der Waals surface area (Å²) >= 11 is 0. The van der Waals surface area contributed by atoms with Crippen LogP contribution in [0.15, 0.2) is 0 Å². The third-order valence-electron chi connectivity index (χ3n) is 1.42. The summed E-state index contributed by atoms with van der Waals surface area (Å²) in [5.41, 5.74) is 0. The number of hydrogen-bond donors (Lipinski definition) is 1. The average molecular weight is 117 g/mol. The summed E-state index contributed by atoms with van der Waals surface area (Å²) in [5, 5.41) is 3.32. The maximum Gasteiger partial charge on any atom is 0.0620 e. The fraction of sp³-hybridized carbons (Fsp3) is 1.00. The lowest BCUT2D eigenvalue weighted by Gasteiger charge is -2.05. The van der Waals surface area contributed by atoms with Crippen LogP contribution in [0, 0.1) is 0 Å². The molecule has 0 saturated carbocycles. The van der Waals surface area contributed by atoms with E-state index >= 15 is 0 Å². The summed E-state index contributed by atoms with van der Waals surface area (Å²) in [7, 11) is 0. The summed E-state index contributed by atoms with van der Waals surface area (Å²) < 4.78 is 5.15. The van der Waals surface area contributed by atoms with Crippen molar-refractivity contribution in [3.05, 3.63) is 0 Å². The molecule has 1 aliphatic rings. The molecular weight excluding hydrogens is 102 g/mol. The Kier molecular flexibility index (Phi) is 2.30. The molecule has 1 rings (SSSR count). The first-order valence-corrected chi connectivity index (χ1v) is 3.24. The van der Waals surface area contributed by atoms with E-state index in [1.54, 1.807) is 0 Å². The van der Waals surface area contributed by atoms with E-state index in [9.17, 15) is 0 Å². The van der Waals surface area contributed by atoms with Gasteiger partial charge >= 0.3 is 0 Å². The third kappa shape index (κ3) is 1.46. The van der Waals surface area contributed by atoms with Gasteiger partial charge in [-0.1, -0.05) is 6.92 Å². The maximum atomic E-state index is 5.15. The van der Waals surface area contributed by atoms with Crippen molar-refractivity contribution in [2.24, 2.45) is 0 Å². The van der Waals surface area contributed by atoms with Gasteiger partial charge in [0.1, 0.15) is 0 Å². The summed E-state index contributed by atoms with van der Waals surface area (Å²) in [6, 6.07) is 0.639. The highest BCUT2D eigenvalue weighted by atomic mass is 16.5. The molecule has 1 saturated heterocycles. The lowest BCUT2D eigenvalue weighted by molar-refractivity contribution is 0.190. The number of hydrogen-bond acceptors (Lipinski definition) is 2. The van der Waals surface area contributed by atoms with Gasteiger partial charge in [0.05, 0.1) is 6.61 Å². The van der Waals surface area contributed by atoms with E-state index in [-0.39, 0.29) is 1.43 Å². The zero-order chi connectivity index (χ0) is 5.82. The zero-order valence-corrected chi connectivity index (χ0v) is 5.31. The third-order valence-corrected chi connectivity index (χ3v) is 1.42. The Labute approximate surface area is 51.7 Å². The van der Waals surface area contributed by atoms with Crippen LogP contribution < -0.4 is 5.32 Å². The van der Waals surface area contributed by atoms with Crippen molar-refractivity contribution < 1.29 is 6.16 Å². The second-order valence-corrected chi connectivity index (χ2v) is 2.12. The number of ether oxygens (including phenoxy) is 1. The molecule has 0 radical (unpaired) electrons. The van der Waals surface area contributed by atoms with Gasteiger partial charge in [-0.2, -0.15) is 0 Å². The molecule has 0 aromatic heterocycles. The molecule has 0 aromatic rings. The molecule has 0 spiro atoms. The van der Waals surface area contributed by atoms with Gasteiger partial charge in [-0.15, -0.1) is 0 Å². The fourth-order valence-electron chi connectivity index (χ4n) is 0.984. The quantitative estimate of drug-likeness (QED) is 0.573. The Balaban J connectivity index is 0.000000640. The minimum atomic E-state index is 0. The maximum absolute atomic E-state index is 5.15. The molecule has 1 N–H and O–H groups in total. The second kappa shape index (κ2) is 3.05. The van der Waals surface area contributed by atoms with E-state index in [2.05, 4.69) is 12.2 Å². The minimum Gasteiger partial charge on any atom is -0.380 e. The monoisotopic (exact) mass is 117 g/mol. The fourth-order valence-corrected chi connectivity index (χ4v) is 0.984. The molecule has 2 heteroatoms. The van der Waals surface area contributed by atoms with Crippen LogP contribution >= 0.6 is 0 Å². The first kappa shape index (κ1) is 6.05. The SMILES string of the molecule is CCN[C@@H]1CCOC1.[HH]. The normalized spacial score (nSPS) is 28.9. The molecular formula is C6H15NO. The van der Waals surface area contributed by atoms with E-state index in [4.69, 9.17) is 4.74 Å². The highest BCUT2D eigenvalue weighted by Gasteiger charge is 2.12. The molecule has 1 aliphatic heterocycles. The van der Waals surface area contributed by atoms with Gasteiger partial charge in [-0.3, -0.25) is 0 Å². The van der Waals surface area contributed by atoms with E-state index in [0.29, 0.717) is 6.04 Å². The van der Waals surface area contributed by atoms with Gasteiger partial charge in [0.2, 0.25) is 0 Å². The lowest BCUT2D eigenvalue weighted by Crippen LogP contribution is -2.28. The molecule has 0 bridgehead atoms. The standard InChI is InChI=1S/C6H13NO.H2/c1-2-7-6-3-4-8-5-6;/h6-7H,2-5H2,1H3;1H/t6-;/m1./s1. The largest absolute Gasteiger partial charge is 0.380 e. The van der Waals surface area contributed by atoms with Crippen molar-refractivity contribution in [3.63, 3.8) is 0 Å². The second-order valence-electron chi connectivity index (χ2n) is 2.12. The highest BCUT2D eigenvalue weighted by Crippen LogP contribution is 2.01. The van der Waals surface area contributed by atoms with Crippen molar-refractivity contribution in [2.75, 3.05) is 19.8 Å². The van der Waals surface area contributed by atoms with Gasteiger partial charge in [0.25, 0.3) is 0 Å². The summed E-state index contributed by atoms with van der Waals surface area (Å²) in [6.07, 6.45) is 1.19. The van der Waals surface area contributed by atoms with Crippen LogP contribution in [0.1, 0.15) is 14.8 Å². The highest BCUT2D eigenvalue weighted by molar-refractivity contribution is 4.69. The van der Waals surface area contributed by atoms with Crippen LogP contribution in [0.3, 0.4) is 0 Å². The van der Waals surface area contributed by atoms with E-state index in [1.165, 1.54) is 6.42 Å². The van der Waals surface area contributed by atoms with Crippen LogP contribution in [0.2, 0.25) is 0 Å². The van der Waals surface area contributed by atoms with Crippen LogP contribution in [-0.2, 0) is 4.74 Å². The Hall–Kier alpha value is -0.0800. The van der Waals surface area contributed by atoms with Crippen molar-refractivity contribution in [1.29, 1.82) is 0 Å². The van der Waals surface area contributed by atoms with Crippen molar-refractivity contribution in [3.8, 4) is 0 Å². The van der Waals surface area contributed by atoms with Crippen LogP contribution in [-0.4, -0.2) is 25.8 Å².